The van der Waals surface area contributed by atoms with Gasteiger partial charge < -0.3 is 5.32 Å². The topological polar surface area (TPSA) is 58.2 Å². The fraction of sp³-hybridized carbons (Fsp3) is 0.600. The minimum absolute atomic E-state index is 0.366. The Bertz CT molecular complexity index is 569. The number of rotatable bonds is 9. The summed E-state index contributed by atoms with van der Waals surface area (Å²) in [6, 6.07) is 5.99. The van der Waals surface area contributed by atoms with Crippen molar-refractivity contribution in [2.45, 2.75) is 43.7 Å². The summed E-state index contributed by atoms with van der Waals surface area (Å²) in [5.41, 5.74) is 2.19. The van der Waals surface area contributed by atoms with Gasteiger partial charge in [-0.3, -0.25) is 0 Å². The van der Waals surface area contributed by atoms with Crippen molar-refractivity contribution in [3.63, 3.8) is 0 Å². The summed E-state index contributed by atoms with van der Waals surface area (Å²) in [4.78, 5) is 0.366. The van der Waals surface area contributed by atoms with Crippen LogP contribution in [-0.2, 0) is 16.6 Å². The third-order valence-electron chi connectivity index (χ3n) is 3.61. The van der Waals surface area contributed by atoms with Crippen LogP contribution in [0.3, 0.4) is 0 Å². The molecule has 0 unspecified atom stereocenters. The highest BCUT2D eigenvalue weighted by atomic mass is 32.2. The van der Waals surface area contributed by atoms with E-state index in [2.05, 4.69) is 10.0 Å². The standard InChI is InChI=1S/C15H24N2O2S2/c1-12-4-7-15(10-13(12)11-16-14-5-6-14)21(18,19)17-8-3-9-20-2/h4,7,10,14,16-17H,3,5-6,8-9,11H2,1-2H3. The molecule has 1 aliphatic rings. The van der Waals surface area contributed by atoms with Crippen molar-refractivity contribution in [1.82, 2.24) is 10.0 Å². The van der Waals surface area contributed by atoms with Crippen molar-refractivity contribution in [1.29, 1.82) is 0 Å². The van der Waals surface area contributed by atoms with Crippen LogP contribution >= 0.6 is 11.8 Å². The van der Waals surface area contributed by atoms with E-state index in [1.165, 1.54) is 12.8 Å². The highest BCUT2D eigenvalue weighted by molar-refractivity contribution is 7.98. The molecule has 21 heavy (non-hydrogen) atoms. The second-order valence-corrected chi connectivity index (χ2v) is 8.24. The summed E-state index contributed by atoms with van der Waals surface area (Å²) < 4.78 is 27.2. The Morgan fingerprint density at radius 3 is 2.76 bits per heavy atom. The van der Waals surface area contributed by atoms with Crippen molar-refractivity contribution >= 4 is 21.8 Å². The van der Waals surface area contributed by atoms with Crippen molar-refractivity contribution in [3.05, 3.63) is 29.3 Å². The van der Waals surface area contributed by atoms with E-state index in [1.54, 1.807) is 23.9 Å². The van der Waals surface area contributed by atoms with Gasteiger partial charge in [-0.05, 0) is 61.5 Å². The second-order valence-electron chi connectivity index (χ2n) is 5.49. The van der Waals surface area contributed by atoms with Crippen LogP contribution < -0.4 is 10.0 Å². The largest absolute Gasteiger partial charge is 0.310 e. The Labute approximate surface area is 132 Å². The Morgan fingerprint density at radius 1 is 1.33 bits per heavy atom. The lowest BCUT2D eigenvalue weighted by atomic mass is 10.1. The maximum atomic E-state index is 12.3. The first-order valence-corrected chi connectivity index (χ1v) is 10.2. The average Bonchev–Trinajstić information content (AvgIpc) is 3.27. The first kappa shape index (κ1) is 16.8. The minimum atomic E-state index is -3.39. The first-order valence-electron chi connectivity index (χ1n) is 7.34. The van der Waals surface area contributed by atoms with E-state index in [1.807, 2.05) is 19.2 Å². The first-order chi connectivity index (χ1) is 10.0. The molecule has 0 amide bonds. The lowest BCUT2D eigenvalue weighted by Crippen LogP contribution is -2.25. The molecule has 0 heterocycles. The molecule has 0 aliphatic heterocycles. The molecule has 118 valence electrons. The number of hydrogen-bond donors (Lipinski definition) is 2. The fourth-order valence-corrected chi connectivity index (χ4v) is 3.61. The SMILES string of the molecule is CSCCCNS(=O)(=O)c1ccc(C)c(CNC2CC2)c1. The number of hydrogen-bond acceptors (Lipinski definition) is 4. The molecule has 1 aromatic rings. The van der Waals surface area contributed by atoms with Crippen LogP contribution in [0.2, 0.25) is 0 Å². The molecule has 0 bridgehead atoms. The van der Waals surface area contributed by atoms with Crippen LogP contribution in [0.5, 0.6) is 0 Å². The monoisotopic (exact) mass is 328 g/mol. The van der Waals surface area contributed by atoms with Gasteiger partial charge in [0.25, 0.3) is 0 Å². The van der Waals surface area contributed by atoms with E-state index >= 15 is 0 Å². The molecule has 0 spiro atoms. The zero-order valence-electron chi connectivity index (χ0n) is 12.7. The zero-order chi connectivity index (χ0) is 15.3. The average molecular weight is 329 g/mol. The van der Waals surface area contributed by atoms with Gasteiger partial charge in [0, 0.05) is 19.1 Å². The van der Waals surface area contributed by atoms with Crippen molar-refractivity contribution in [3.8, 4) is 0 Å². The second kappa shape index (κ2) is 7.63. The summed E-state index contributed by atoms with van der Waals surface area (Å²) in [5.74, 6) is 0.965. The Hall–Kier alpha value is -0.560. The molecule has 0 saturated heterocycles. The summed E-state index contributed by atoms with van der Waals surface area (Å²) >= 11 is 1.72. The molecule has 6 heteroatoms. The predicted octanol–water partition coefficient (Wildman–Crippen LogP) is 2.28. The predicted molar refractivity (Wildman–Crippen MR) is 89.2 cm³/mol. The van der Waals surface area contributed by atoms with Gasteiger partial charge in [0.2, 0.25) is 10.0 Å². The summed E-state index contributed by atoms with van der Waals surface area (Å²) in [7, 11) is -3.39. The van der Waals surface area contributed by atoms with Gasteiger partial charge in [0.15, 0.2) is 0 Å². The number of benzene rings is 1. The van der Waals surface area contributed by atoms with Crippen molar-refractivity contribution in [2.24, 2.45) is 0 Å². The van der Waals surface area contributed by atoms with Crippen LogP contribution in [0.4, 0.5) is 0 Å². The van der Waals surface area contributed by atoms with Gasteiger partial charge >= 0.3 is 0 Å². The van der Waals surface area contributed by atoms with Gasteiger partial charge in [-0.2, -0.15) is 11.8 Å². The summed E-state index contributed by atoms with van der Waals surface area (Å²) in [5, 5.41) is 3.43. The van der Waals surface area contributed by atoms with E-state index < -0.39 is 10.0 Å². The Kier molecular flexibility index (Phi) is 6.10. The smallest absolute Gasteiger partial charge is 0.240 e. The molecule has 2 N–H and O–H groups in total. The molecule has 2 rings (SSSR count). The zero-order valence-corrected chi connectivity index (χ0v) is 14.3. The molecule has 1 fully saturated rings. The fourth-order valence-electron chi connectivity index (χ4n) is 2.05. The molecule has 1 saturated carbocycles. The van der Waals surface area contributed by atoms with Gasteiger partial charge in [-0.1, -0.05) is 6.07 Å². The highest BCUT2D eigenvalue weighted by Crippen LogP contribution is 2.21. The maximum absolute atomic E-state index is 12.3. The molecule has 0 atom stereocenters. The molecule has 1 aliphatic carbocycles. The molecule has 0 radical (unpaired) electrons. The van der Waals surface area contributed by atoms with Crippen molar-refractivity contribution in [2.75, 3.05) is 18.6 Å². The van der Waals surface area contributed by atoms with Gasteiger partial charge in [-0.15, -0.1) is 0 Å². The van der Waals surface area contributed by atoms with Gasteiger partial charge in [-0.25, -0.2) is 13.1 Å². The minimum Gasteiger partial charge on any atom is -0.310 e. The highest BCUT2D eigenvalue weighted by Gasteiger charge is 2.21. The van der Waals surface area contributed by atoms with E-state index in [0.29, 0.717) is 17.5 Å². The normalized spacial score (nSPS) is 15.3. The van der Waals surface area contributed by atoms with Crippen LogP contribution in [0, 0.1) is 6.92 Å². The van der Waals surface area contributed by atoms with E-state index in [0.717, 1.165) is 29.8 Å². The number of nitrogens with one attached hydrogen (secondary N) is 2. The van der Waals surface area contributed by atoms with E-state index in [-0.39, 0.29) is 0 Å². The third kappa shape index (κ3) is 5.29. The lowest BCUT2D eigenvalue weighted by molar-refractivity contribution is 0.580. The molecule has 1 aromatic carbocycles. The van der Waals surface area contributed by atoms with Crippen LogP contribution in [-0.4, -0.2) is 33.0 Å². The quantitative estimate of drug-likeness (QED) is 0.683. The van der Waals surface area contributed by atoms with Crippen LogP contribution in [0.1, 0.15) is 30.4 Å². The summed E-state index contributed by atoms with van der Waals surface area (Å²) in [6.45, 7) is 3.26. The molecule has 0 aromatic heterocycles. The Morgan fingerprint density at radius 2 is 2.10 bits per heavy atom. The van der Waals surface area contributed by atoms with E-state index in [4.69, 9.17) is 0 Å². The molecule has 4 nitrogen and oxygen atoms in total. The van der Waals surface area contributed by atoms with Gasteiger partial charge in [0.1, 0.15) is 0 Å². The summed E-state index contributed by atoms with van der Waals surface area (Å²) in [6.07, 6.45) is 5.33. The van der Waals surface area contributed by atoms with Crippen LogP contribution in [0.25, 0.3) is 0 Å². The number of sulfonamides is 1. The number of aryl methyl sites for hydroxylation is 1. The van der Waals surface area contributed by atoms with Gasteiger partial charge in [0.05, 0.1) is 4.90 Å². The molecular formula is C15H24N2O2S2. The van der Waals surface area contributed by atoms with E-state index in [9.17, 15) is 8.42 Å². The number of thioether (sulfide) groups is 1. The molecular weight excluding hydrogens is 304 g/mol. The van der Waals surface area contributed by atoms with Crippen LogP contribution in [0.15, 0.2) is 23.1 Å². The third-order valence-corrected chi connectivity index (χ3v) is 5.76. The lowest BCUT2D eigenvalue weighted by Gasteiger charge is -2.11. The maximum Gasteiger partial charge on any atom is 0.240 e. The Balaban J connectivity index is 2.01. The van der Waals surface area contributed by atoms with Crippen molar-refractivity contribution < 1.29 is 8.42 Å².